The summed E-state index contributed by atoms with van der Waals surface area (Å²) in [4.78, 5) is 0. The van der Waals surface area contributed by atoms with E-state index in [1.165, 1.54) is 12.2 Å². The van der Waals surface area contributed by atoms with E-state index in [4.69, 9.17) is 5.26 Å². The summed E-state index contributed by atoms with van der Waals surface area (Å²) in [6.45, 7) is 4.31. The van der Waals surface area contributed by atoms with Crippen LogP contribution in [-0.4, -0.2) is 24.1 Å². The van der Waals surface area contributed by atoms with Crippen LogP contribution in [0, 0.1) is 11.3 Å². The summed E-state index contributed by atoms with van der Waals surface area (Å²) in [7, 11) is 0. The van der Waals surface area contributed by atoms with Gasteiger partial charge in [-0.25, -0.2) is 0 Å². The molecular weight excluding hydrogens is 180 g/mol. The van der Waals surface area contributed by atoms with Crippen molar-refractivity contribution in [2.75, 3.05) is 12.0 Å². The molecule has 1 N–H and O–H groups in total. The molecule has 0 aromatic rings. The summed E-state index contributed by atoms with van der Waals surface area (Å²) in [6.07, 6.45) is 4.97. The highest BCUT2D eigenvalue weighted by molar-refractivity contribution is 7.98. The fourth-order valence-electron chi connectivity index (χ4n) is 1.21. The van der Waals surface area contributed by atoms with Crippen LogP contribution >= 0.6 is 11.8 Å². The van der Waals surface area contributed by atoms with Gasteiger partial charge in [-0.05, 0) is 31.8 Å². The molecule has 2 atom stereocenters. The van der Waals surface area contributed by atoms with Crippen LogP contribution in [0.15, 0.2) is 0 Å². The Bertz CT molecular complexity index is 153. The highest BCUT2D eigenvalue weighted by atomic mass is 32.2. The second-order valence-corrected chi connectivity index (χ2v) is 4.30. The van der Waals surface area contributed by atoms with Gasteiger partial charge in [0, 0.05) is 12.1 Å². The van der Waals surface area contributed by atoms with E-state index in [1.54, 1.807) is 0 Å². The van der Waals surface area contributed by atoms with E-state index in [-0.39, 0.29) is 0 Å². The van der Waals surface area contributed by atoms with E-state index in [2.05, 4.69) is 31.5 Å². The van der Waals surface area contributed by atoms with Gasteiger partial charge in [0.1, 0.15) is 0 Å². The molecule has 0 saturated heterocycles. The van der Waals surface area contributed by atoms with Gasteiger partial charge in [-0.15, -0.1) is 0 Å². The van der Waals surface area contributed by atoms with Crippen LogP contribution in [0.2, 0.25) is 0 Å². The Labute approximate surface area is 86.1 Å². The van der Waals surface area contributed by atoms with E-state index in [0.29, 0.717) is 18.5 Å². The monoisotopic (exact) mass is 200 g/mol. The zero-order chi connectivity index (χ0) is 10.1. The molecule has 2 nitrogen and oxygen atoms in total. The summed E-state index contributed by atoms with van der Waals surface area (Å²) in [6, 6.07) is 3.12. The first kappa shape index (κ1) is 12.8. The summed E-state index contributed by atoms with van der Waals surface area (Å²) in [5, 5.41) is 12.0. The molecule has 0 aromatic heterocycles. The average molecular weight is 200 g/mol. The third-order valence-electron chi connectivity index (χ3n) is 2.11. The van der Waals surface area contributed by atoms with Crippen molar-refractivity contribution in [3.8, 4) is 6.07 Å². The number of hydrogen-bond donors (Lipinski definition) is 1. The SMILES string of the molecule is CCC(CC#N)NC(C)CCSC. The third kappa shape index (κ3) is 6.92. The first-order valence-electron chi connectivity index (χ1n) is 4.86. The molecule has 0 heterocycles. The van der Waals surface area contributed by atoms with E-state index in [9.17, 15) is 0 Å². The van der Waals surface area contributed by atoms with E-state index in [1.807, 2.05) is 11.8 Å². The van der Waals surface area contributed by atoms with Crippen molar-refractivity contribution in [3.05, 3.63) is 0 Å². The predicted octanol–water partition coefficient (Wildman–Crippen LogP) is 2.41. The maximum Gasteiger partial charge on any atom is 0.0638 e. The molecule has 0 aliphatic carbocycles. The minimum atomic E-state index is 0.377. The van der Waals surface area contributed by atoms with Gasteiger partial charge < -0.3 is 5.32 Å². The Kier molecular flexibility index (Phi) is 8.27. The highest BCUT2D eigenvalue weighted by Gasteiger charge is 2.08. The number of nitrogens with zero attached hydrogens (tertiary/aromatic N) is 1. The minimum Gasteiger partial charge on any atom is -0.310 e. The Balaban J connectivity index is 3.60. The molecule has 3 heteroatoms. The van der Waals surface area contributed by atoms with Crippen LogP contribution in [0.3, 0.4) is 0 Å². The number of thioether (sulfide) groups is 1. The molecule has 76 valence electrons. The smallest absolute Gasteiger partial charge is 0.0638 e. The molecule has 0 aliphatic heterocycles. The number of rotatable bonds is 7. The number of nitrogens with one attached hydrogen (secondary N) is 1. The largest absolute Gasteiger partial charge is 0.310 e. The van der Waals surface area contributed by atoms with Crippen molar-refractivity contribution < 1.29 is 0 Å². The molecule has 0 aliphatic rings. The normalized spacial score (nSPS) is 14.9. The van der Waals surface area contributed by atoms with Crippen LogP contribution in [0.25, 0.3) is 0 Å². The first-order chi connectivity index (χ1) is 6.24. The first-order valence-corrected chi connectivity index (χ1v) is 6.25. The summed E-state index contributed by atoms with van der Waals surface area (Å²) in [5.74, 6) is 1.19. The van der Waals surface area contributed by atoms with Crippen LogP contribution < -0.4 is 5.32 Å². The maximum absolute atomic E-state index is 8.56. The van der Waals surface area contributed by atoms with Crippen LogP contribution in [0.5, 0.6) is 0 Å². The van der Waals surface area contributed by atoms with Crippen molar-refractivity contribution in [1.29, 1.82) is 5.26 Å². The Hall–Kier alpha value is -0.200. The van der Waals surface area contributed by atoms with E-state index < -0.39 is 0 Å². The molecule has 0 rings (SSSR count). The molecule has 0 aromatic carbocycles. The molecular formula is C10H20N2S. The maximum atomic E-state index is 8.56. The molecule has 0 fully saturated rings. The minimum absolute atomic E-state index is 0.377. The Morgan fingerprint density at radius 1 is 1.54 bits per heavy atom. The fourth-order valence-corrected chi connectivity index (χ4v) is 1.80. The summed E-state index contributed by atoms with van der Waals surface area (Å²) < 4.78 is 0. The second kappa shape index (κ2) is 8.40. The van der Waals surface area contributed by atoms with Crippen molar-refractivity contribution in [2.45, 2.75) is 45.2 Å². The van der Waals surface area contributed by atoms with Crippen molar-refractivity contribution in [2.24, 2.45) is 0 Å². The number of nitriles is 1. The van der Waals surface area contributed by atoms with E-state index >= 15 is 0 Å². The van der Waals surface area contributed by atoms with Gasteiger partial charge in [0.25, 0.3) is 0 Å². The molecule has 13 heavy (non-hydrogen) atoms. The lowest BCUT2D eigenvalue weighted by Gasteiger charge is -2.19. The van der Waals surface area contributed by atoms with Gasteiger partial charge in [0.05, 0.1) is 12.5 Å². The Morgan fingerprint density at radius 3 is 2.69 bits per heavy atom. The van der Waals surface area contributed by atoms with Gasteiger partial charge in [-0.3, -0.25) is 0 Å². The quantitative estimate of drug-likeness (QED) is 0.685. The van der Waals surface area contributed by atoms with Gasteiger partial charge in [-0.2, -0.15) is 17.0 Å². The summed E-state index contributed by atoms with van der Waals surface area (Å²) in [5.41, 5.74) is 0. The zero-order valence-corrected chi connectivity index (χ0v) is 9.66. The molecule has 0 amide bonds. The standard InChI is InChI=1S/C10H20N2S/c1-4-10(5-7-11)12-9(2)6-8-13-3/h9-10,12H,4-6,8H2,1-3H3. The highest BCUT2D eigenvalue weighted by Crippen LogP contribution is 2.03. The molecule has 0 bridgehead atoms. The van der Waals surface area contributed by atoms with Gasteiger partial charge in [0.15, 0.2) is 0 Å². The van der Waals surface area contributed by atoms with Crippen molar-refractivity contribution in [1.82, 2.24) is 5.32 Å². The van der Waals surface area contributed by atoms with Crippen LogP contribution in [0.1, 0.15) is 33.1 Å². The van der Waals surface area contributed by atoms with Crippen LogP contribution in [0.4, 0.5) is 0 Å². The van der Waals surface area contributed by atoms with Gasteiger partial charge in [-0.1, -0.05) is 6.92 Å². The molecule has 0 saturated carbocycles. The molecule has 0 spiro atoms. The fraction of sp³-hybridized carbons (Fsp3) is 0.900. The van der Waals surface area contributed by atoms with Crippen molar-refractivity contribution in [3.63, 3.8) is 0 Å². The number of hydrogen-bond acceptors (Lipinski definition) is 3. The van der Waals surface area contributed by atoms with Crippen LogP contribution in [-0.2, 0) is 0 Å². The summed E-state index contributed by atoms with van der Waals surface area (Å²) >= 11 is 1.87. The van der Waals surface area contributed by atoms with Gasteiger partial charge in [0.2, 0.25) is 0 Å². The molecule has 2 unspecified atom stereocenters. The lowest BCUT2D eigenvalue weighted by atomic mass is 10.1. The molecule has 0 radical (unpaired) electrons. The van der Waals surface area contributed by atoms with Crippen molar-refractivity contribution >= 4 is 11.8 Å². The topological polar surface area (TPSA) is 35.8 Å². The Morgan fingerprint density at radius 2 is 2.23 bits per heavy atom. The predicted molar refractivity (Wildman–Crippen MR) is 59.9 cm³/mol. The lowest BCUT2D eigenvalue weighted by molar-refractivity contribution is 0.432. The van der Waals surface area contributed by atoms with Gasteiger partial charge >= 0.3 is 0 Å². The zero-order valence-electron chi connectivity index (χ0n) is 8.84. The second-order valence-electron chi connectivity index (χ2n) is 3.32. The lowest BCUT2D eigenvalue weighted by Crippen LogP contribution is -2.36. The average Bonchev–Trinajstić information content (AvgIpc) is 2.14. The van der Waals surface area contributed by atoms with E-state index in [0.717, 1.165) is 6.42 Å². The third-order valence-corrected chi connectivity index (χ3v) is 2.75.